The molecular weight excluding hydrogens is 320 g/mol. The molecule has 5 nitrogen and oxygen atoms in total. The number of hydrogen-bond donors (Lipinski definition) is 2. The summed E-state index contributed by atoms with van der Waals surface area (Å²) in [7, 11) is -3.50. The second-order valence-electron chi connectivity index (χ2n) is 6.21. The lowest BCUT2D eigenvalue weighted by Gasteiger charge is -2.11. The molecule has 1 aromatic rings. The Morgan fingerprint density at radius 1 is 1.05 bits per heavy atom. The van der Waals surface area contributed by atoms with Gasteiger partial charge in [0, 0.05) is 17.5 Å². The largest absolute Gasteiger partial charge is 0.349 e. The lowest BCUT2D eigenvalue weighted by atomic mass is 10.2. The Bertz CT molecular complexity index is 627. The van der Waals surface area contributed by atoms with Crippen molar-refractivity contribution in [2.75, 3.05) is 0 Å². The lowest BCUT2D eigenvalue weighted by molar-refractivity contribution is 0.0938. The summed E-state index contributed by atoms with van der Waals surface area (Å²) in [5.41, 5.74) is 0.448. The van der Waals surface area contributed by atoms with Crippen LogP contribution in [-0.2, 0) is 10.0 Å². The average Bonchev–Trinajstić information content (AvgIpc) is 3.20. The number of hydrogen-bond acceptors (Lipinski definition) is 4. The smallest absolute Gasteiger partial charge is 0.252 e. The molecule has 2 saturated carbocycles. The summed E-state index contributed by atoms with van der Waals surface area (Å²) in [5, 5.41) is 4.62. The normalized spacial score (nSPS) is 20.5. The highest BCUT2D eigenvalue weighted by atomic mass is 32.2. The minimum absolute atomic E-state index is 0.0443. The summed E-state index contributed by atoms with van der Waals surface area (Å²) < 4.78 is 27.7. The molecule has 1 amide bonds. The van der Waals surface area contributed by atoms with E-state index in [1.165, 1.54) is 6.07 Å². The van der Waals surface area contributed by atoms with E-state index in [4.69, 9.17) is 0 Å². The van der Waals surface area contributed by atoms with Gasteiger partial charge in [0.25, 0.3) is 5.91 Å². The van der Waals surface area contributed by atoms with Gasteiger partial charge >= 0.3 is 0 Å². The van der Waals surface area contributed by atoms with Crippen LogP contribution in [0, 0.1) is 0 Å². The van der Waals surface area contributed by atoms with Crippen LogP contribution in [0.25, 0.3) is 0 Å². The van der Waals surface area contributed by atoms with E-state index in [9.17, 15) is 13.2 Å². The van der Waals surface area contributed by atoms with Crippen LogP contribution in [-0.4, -0.2) is 26.4 Å². The second kappa shape index (κ2) is 6.68. The van der Waals surface area contributed by atoms with Crippen molar-refractivity contribution in [2.45, 2.75) is 67.7 Å². The first-order chi connectivity index (χ1) is 10.5. The predicted molar refractivity (Wildman–Crippen MR) is 86.6 cm³/mol. The summed E-state index contributed by atoms with van der Waals surface area (Å²) in [4.78, 5) is 12.2. The van der Waals surface area contributed by atoms with Crippen molar-refractivity contribution in [2.24, 2.45) is 0 Å². The maximum Gasteiger partial charge on any atom is 0.252 e. The van der Waals surface area contributed by atoms with Crippen LogP contribution in [0.15, 0.2) is 15.7 Å². The maximum absolute atomic E-state index is 12.3. The molecule has 0 radical (unpaired) electrons. The molecule has 2 N–H and O–H groups in total. The molecular formula is C15H22N2O3S2. The number of thiophene rings is 1. The van der Waals surface area contributed by atoms with Crippen molar-refractivity contribution >= 4 is 27.3 Å². The van der Waals surface area contributed by atoms with Crippen molar-refractivity contribution in [1.82, 2.24) is 10.0 Å². The molecule has 2 aliphatic rings. The Balaban J connectivity index is 1.65. The Kier molecular flexibility index (Phi) is 4.84. The van der Waals surface area contributed by atoms with Gasteiger partial charge in [-0.25, -0.2) is 13.1 Å². The van der Waals surface area contributed by atoms with Gasteiger partial charge in [0.05, 0.1) is 5.56 Å². The quantitative estimate of drug-likeness (QED) is 0.864. The second-order valence-corrected chi connectivity index (χ2v) is 9.06. The van der Waals surface area contributed by atoms with E-state index in [0.29, 0.717) is 5.56 Å². The van der Waals surface area contributed by atoms with E-state index in [0.717, 1.165) is 62.7 Å². The monoisotopic (exact) mass is 342 g/mol. The Labute approximate surface area is 135 Å². The first kappa shape index (κ1) is 16.0. The van der Waals surface area contributed by atoms with Gasteiger partial charge in [-0.1, -0.05) is 25.7 Å². The first-order valence-corrected chi connectivity index (χ1v) is 10.3. The zero-order valence-corrected chi connectivity index (χ0v) is 14.1. The van der Waals surface area contributed by atoms with Crippen molar-refractivity contribution in [3.63, 3.8) is 0 Å². The molecule has 2 aliphatic carbocycles. The van der Waals surface area contributed by atoms with Crippen LogP contribution >= 0.6 is 11.3 Å². The van der Waals surface area contributed by atoms with Gasteiger partial charge in [-0.05, 0) is 31.7 Å². The summed E-state index contributed by atoms with van der Waals surface area (Å²) in [6.07, 6.45) is 8.30. The van der Waals surface area contributed by atoms with Crippen LogP contribution in [0.3, 0.4) is 0 Å². The van der Waals surface area contributed by atoms with Gasteiger partial charge in [0.15, 0.2) is 0 Å². The highest BCUT2D eigenvalue weighted by Crippen LogP contribution is 2.25. The van der Waals surface area contributed by atoms with Crippen LogP contribution in [0.5, 0.6) is 0 Å². The van der Waals surface area contributed by atoms with Crippen LogP contribution < -0.4 is 10.0 Å². The molecule has 0 aliphatic heterocycles. The van der Waals surface area contributed by atoms with E-state index in [1.807, 2.05) is 0 Å². The number of carbonyl (C=O) groups is 1. The van der Waals surface area contributed by atoms with Crippen LogP contribution in [0.1, 0.15) is 61.7 Å². The summed E-state index contributed by atoms with van der Waals surface area (Å²) >= 11 is 1.11. The molecule has 0 saturated heterocycles. The first-order valence-electron chi connectivity index (χ1n) is 7.96. The molecule has 1 heterocycles. The van der Waals surface area contributed by atoms with E-state index in [-0.39, 0.29) is 22.2 Å². The minimum atomic E-state index is -3.50. The van der Waals surface area contributed by atoms with Crippen molar-refractivity contribution in [1.29, 1.82) is 0 Å². The van der Waals surface area contributed by atoms with Gasteiger partial charge in [-0.2, -0.15) is 0 Å². The molecule has 0 bridgehead atoms. The summed E-state index contributed by atoms with van der Waals surface area (Å²) in [6.45, 7) is 0. The fraction of sp³-hybridized carbons (Fsp3) is 0.667. The molecule has 0 atom stereocenters. The van der Waals surface area contributed by atoms with E-state index < -0.39 is 10.0 Å². The number of sulfonamides is 1. The summed E-state index contributed by atoms with van der Waals surface area (Å²) in [6, 6.07) is 1.78. The Morgan fingerprint density at radius 2 is 1.64 bits per heavy atom. The number of rotatable bonds is 5. The van der Waals surface area contributed by atoms with Crippen LogP contribution in [0.4, 0.5) is 0 Å². The fourth-order valence-electron chi connectivity index (χ4n) is 3.24. The molecule has 0 unspecified atom stereocenters. The third kappa shape index (κ3) is 3.70. The number of amides is 1. The molecule has 1 aromatic heterocycles. The highest BCUT2D eigenvalue weighted by molar-refractivity contribution is 7.91. The van der Waals surface area contributed by atoms with Gasteiger partial charge in [0.2, 0.25) is 10.0 Å². The molecule has 22 heavy (non-hydrogen) atoms. The SMILES string of the molecule is O=C(NC1CCCC1)c1csc(S(=O)(=O)NC2CCCC2)c1. The van der Waals surface area contributed by atoms with Crippen molar-refractivity contribution < 1.29 is 13.2 Å². The predicted octanol–water partition coefficient (Wildman–Crippen LogP) is 2.64. The fourth-order valence-corrected chi connectivity index (χ4v) is 5.72. The molecule has 0 aromatic carbocycles. The van der Waals surface area contributed by atoms with E-state index >= 15 is 0 Å². The van der Waals surface area contributed by atoms with Crippen molar-refractivity contribution in [3.05, 3.63) is 17.0 Å². The molecule has 2 fully saturated rings. The zero-order valence-electron chi connectivity index (χ0n) is 12.5. The van der Waals surface area contributed by atoms with Crippen LogP contribution in [0.2, 0.25) is 0 Å². The van der Waals surface area contributed by atoms with Gasteiger partial charge in [0.1, 0.15) is 4.21 Å². The maximum atomic E-state index is 12.3. The molecule has 3 rings (SSSR count). The highest BCUT2D eigenvalue weighted by Gasteiger charge is 2.25. The number of carbonyl (C=O) groups excluding carboxylic acids is 1. The lowest BCUT2D eigenvalue weighted by Crippen LogP contribution is -2.33. The summed E-state index contributed by atoms with van der Waals surface area (Å²) in [5.74, 6) is -0.162. The minimum Gasteiger partial charge on any atom is -0.349 e. The number of nitrogens with one attached hydrogen (secondary N) is 2. The standard InChI is InChI=1S/C15H22N2O3S2/c18-15(16-12-5-1-2-6-12)11-9-14(21-10-11)22(19,20)17-13-7-3-4-8-13/h9-10,12-13,17H,1-8H2,(H,16,18). The third-order valence-electron chi connectivity index (χ3n) is 4.47. The van der Waals surface area contributed by atoms with Crippen molar-refractivity contribution in [3.8, 4) is 0 Å². The van der Waals surface area contributed by atoms with E-state index in [1.54, 1.807) is 5.38 Å². The molecule has 122 valence electrons. The average molecular weight is 342 g/mol. The molecule has 7 heteroatoms. The van der Waals surface area contributed by atoms with Gasteiger partial charge in [-0.15, -0.1) is 11.3 Å². The zero-order chi connectivity index (χ0) is 15.6. The van der Waals surface area contributed by atoms with E-state index in [2.05, 4.69) is 10.0 Å². The van der Waals surface area contributed by atoms with Gasteiger partial charge < -0.3 is 5.32 Å². The van der Waals surface area contributed by atoms with Gasteiger partial charge in [-0.3, -0.25) is 4.79 Å². The molecule has 0 spiro atoms. The Hall–Kier alpha value is -0.920. The Morgan fingerprint density at radius 3 is 2.27 bits per heavy atom. The third-order valence-corrected chi connectivity index (χ3v) is 7.43. The topological polar surface area (TPSA) is 75.3 Å².